The van der Waals surface area contributed by atoms with Crippen molar-refractivity contribution in [1.29, 1.82) is 0 Å². The lowest BCUT2D eigenvalue weighted by atomic mass is 10.1. The van der Waals surface area contributed by atoms with Crippen molar-refractivity contribution < 1.29 is 9.59 Å². The van der Waals surface area contributed by atoms with Crippen LogP contribution in [0.3, 0.4) is 0 Å². The lowest BCUT2D eigenvalue weighted by molar-refractivity contribution is 0.0746. The maximum Gasteiger partial charge on any atom is 0.272 e. The maximum absolute atomic E-state index is 12.9. The van der Waals surface area contributed by atoms with Crippen molar-refractivity contribution in [2.75, 3.05) is 44.2 Å². The van der Waals surface area contributed by atoms with Gasteiger partial charge in [0, 0.05) is 61.7 Å². The molecule has 7 heteroatoms. The summed E-state index contributed by atoms with van der Waals surface area (Å²) in [6, 6.07) is 11.1. The number of carbonyl (C=O) groups is 2. The van der Waals surface area contributed by atoms with E-state index >= 15 is 0 Å². The van der Waals surface area contributed by atoms with Gasteiger partial charge in [-0.1, -0.05) is 17.7 Å². The molecule has 0 bridgehead atoms. The van der Waals surface area contributed by atoms with Gasteiger partial charge in [-0.25, -0.2) is 0 Å². The molecule has 0 atom stereocenters. The quantitative estimate of drug-likeness (QED) is 0.797. The molecule has 2 amide bonds. The van der Waals surface area contributed by atoms with E-state index in [4.69, 9.17) is 11.6 Å². The van der Waals surface area contributed by atoms with Gasteiger partial charge in [-0.3, -0.25) is 14.6 Å². The Morgan fingerprint density at radius 2 is 1.57 bits per heavy atom. The van der Waals surface area contributed by atoms with Crippen LogP contribution in [0.5, 0.6) is 0 Å². The number of hydrogen-bond donors (Lipinski definition) is 0. The standard InChI is InChI=1S/C21H23ClN4O2/c22-17-4-3-5-18(15-17)24-10-12-26(13-11-24)20(27)16-6-7-23-19(14-16)21(28)25-8-1-2-9-25/h3-7,14-15H,1-2,8-13H2. The maximum atomic E-state index is 12.9. The van der Waals surface area contributed by atoms with Gasteiger partial charge in [0.1, 0.15) is 5.69 Å². The third-order valence-electron chi connectivity index (χ3n) is 5.36. The Bertz CT molecular complexity index is 874. The zero-order valence-corrected chi connectivity index (χ0v) is 16.4. The number of amides is 2. The highest BCUT2D eigenvalue weighted by molar-refractivity contribution is 6.30. The van der Waals surface area contributed by atoms with E-state index in [9.17, 15) is 9.59 Å². The van der Waals surface area contributed by atoms with Crippen molar-refractivity contribution in [1.82, 2.24) is 14.8 Å². The number of carbonyl (C=O) groups excluding carboxylic acids is 2. The first kappa shape index (κ1) is 18.7. The molecule has 146 valence electrons. The number of nitrogens with zero attached hydrogens (tertiary/aromatic N) is 4. The fraction of sp³-hybridized carbons (Fsp3) is 0.381. The van der Waals surface area contributed by atoms with Crippen LogP contribution in [0.4, 0.5) is 5.69 Å². The molecule has 0 aliphatic carbocycles. The summed E-state index contributed by atoms with van der Waals surface area (Å²) in [5.41, 5.74) is 1.95. The number of rotatable bonds is 3. The molecule has 2 aliphatic heterocycles. The Kier molecular flexibility index (Phi) is 5.48. The van der Waals surface area contributed by atoms with Crippen LogP contribution in [-0.4, -0.2) is 65.9 Å². The molecule has 2 fully saturated rings. The summed E-state index contributed by atoms with van der Waals surface area (Å²) in [5.74, 6) is -0.137. The van der Waals surface area contributed by atoms with Crippen molar-refractivity contribution in [3.63, 3.8) is 0 Å². The van der Waals surface area contributed by atoms with Crippen LogP contribution >= 0.6 is 11.6 Å². The molecule has 28 heavy (non-hydrogen) atoms. The van der Waals surface area contributed by atoms with Crippen molar-refractivity contribution in [2.24, 2.45) is 0 Å². The van der Waals surface area contributed by atoms with E-state index < -0.39 is 0 Å². The molecule has 1 aromatic heterocycles. The molecule has 3 heterocycles. The summed E-state index contributed by atoms with van der Waals surface area (Å²) in [7, 11) is 0. The average Bonchev–Trinajstić information content (AvgIpc) is 3.28. The van der Waals surface area contributed by atoms with E-state index in [1.807, 2.05) is 29.2 Å². The number of piperazine rings is 1. The van der Waals surface area contributed by atoms with Crippen LogP contribution in [0, 0.1) is 0 Å². The van der Waals surface area contributed by atoms with Crippen molar-refractivity contribution in [2.45, 2.75) is 12.8 Å². The Balaban J connectivity index is 1.41. The second-order valence-corrected chi connectivity index (χ2v) is 7.62. The fourth-order valence-corrected chi connectivity index (χ4v) is 3.97. The lowest BCUT2D eigenvalue weighted by Gasteiger charge is -2.36. The van der Waals surface area contributed by atoms with Crippen molar-refractivity contribution in [3.05, 3.63) is 58.9 Å². The summed E-state index contributed by atoms with van der Waals surface area (Å²) < 4.78 is 0. The smallest absolute Gasteiger partial charge is 0.272 e. The van der Waals surface area contributed by atoms with Gasteiger partial charge >= 0.3 is 0 Å². The molecule has 0 radical (unpaired) electrons. The number of halogens is 1. The molecular formula is C21H23ClN4O2. The summed E-state index contributed by atoms with van der Waals surface area (Å²) in [4.78, 5) is 35.5. The predicted molar refractivity (Wildman–Crippen MR) is 109 cm³/mol. The van der Waals surface area contributed by atoms with Crippen LogP contribution in [0.25, 0.3) is 0 Å². The fourth-order valence-electron chi connectivity index (χ4n) is 3.79. The summed E-state index contributed by atoms with van der Waals surface area (Å²) in [6.45, 7) is 4.29. The molecule has 0 unspecified atom stereocenters. The Labute approximate surface area is 169 Å². The molecule has 0 N–H and O–H groups in total. The van der Waals surface area contributed by atoms with Gasteiger partial charge in [0.2, 0.25) is 0 Å². The first-order valence-electron chi connectivity index (χ1n) is 9.67. The van der Waals surface area contributed by atoms with Gasteiger partial charge in [-0.2, -0.15) is 0 Å². The number of anilines is 1. The molecule has 0 spiro atoms. The van der Waals surface area contributed by atoms with E-state index in [2.05, 4.69) is 9.88 Å². The van der Waals surface area contributed by atoms with Crippen molar-refractivity contribution in [3.8, 4) is 0 Å². The molecule has 6 nitrogen and oxygen atoms in total. The SMILES string of the molecule is O=C(c1ccnc(C(=O)N2CCCC2)c1)N1CCN(c2cccc(Cl)c2)CC1. The summed E-state index contributed by atoms with van der Waals surface area (Å²) in [5, 5.41) is 0.711. The van der Waals surface area contributed by atoms with Crippen LogP contribution in [0.2, 0.25) is 5.02 Å². The number of likely N-dealkylation sites (tertiary alicyclic amines) is 1. The average molecular weight is 399 g/mol. The molecule has 1 aromatic carbocycles. The first-order chi connectivity index (χ1) is 13.6. The minimum atomic E-state index is -0.0853. The lowest BCUT2D eigenvalue weighted by Crippen LogP contribution is -2.48. The summed E-state index contributed by atoms with van der Waals surface area (Å²) in [6.07, 6.45) is 3.61. The molecule has 2 saturated heterocycles. The van der Waals surface area contributed by atoms with Crippen LogP contribution in [0.15, 0.2) is 42.6 Å². The second kappa shape index (κ2) is 8.19. The largest absolute Gasteiger partial charge is 0.368 e. The van der Waals surface area contributed by atoms with Crippen LogP contribution < -0.4 is 4.90 Å². The number of pyridine rings is 1. The van der Waals surface area contributed by atoms with E-state index in [1.54, 1.807) is 23.2 Å². The summed E-state index contributed by atoms with van der Waals surface area (Å²) >= 11 is 6.08. The Morgan fingerprint density at radius 3 is 2.29 bits per heavy atom. The minimum Gasteiger partial charge on any atom is -0.368 e. The number of benzene rings is 1. The topological polar surface area (TPSA) is 56.8 Å². The van der Waals surface area contributed by atoms with Gasteiger partial charge in [-0.15, -0.1) is 0 Å². The third-order valence-corrected chi connectivity index (χ3v) is 5.59. The molecule has 0 saturated carbocycles. The zero-order valence-electron chi connectivity index (χ0n) is 15.7. The Morgan fingerprint density at radius 1 is 0.857 bits per heavy atom. The van der Waals surface area contributed by atoms with Gasteiger partial charge in [0.15, 0.2) is 0 Å². The van der Waals surface area contributed by atoms with Crippen molar-refractivity contribution >= 4 is 29.1 Å². The third kappa shape index (κ3) is 3.97. The second-order valence-electron chi connectivity index (χ2n) is 7.19. The monoisotopic (exact) mass is 398 g/mol. The predicted octanol–water partition coefficient (Wildman–Crippen LogP) is 2.93. The highest BCUT2D eigenvalue weighted by atomic mass is 35.5. The molecule has 2 aliphatic rings. The zero-order chi connectivity index (χ0) is 19.5. The van der Waals surface area contributed by atoms with Crippen LogP contribution in [0.1, 0.15) is 33.7 Å². The van der Waals surface area contributed by atoms with Gasteiger partial charge in [-0.05, 0) is 43.2 Å². The molecular weight excluding hydrogens is 376 g/mol. The molecule has 2 aromatic rings. The number of hydrogen-bond acceptors (Lipinski definition) is 4. The van der Waals surface area contributed by atoms with Gasteiger partial charge in [0.05, 0.1) is 0 Å². The highest BCUT2D eigenvalue weighted by Crippen LogP contribution is 2.21. The van der Waals surface area contributed by atoms with E-state index in [0.717, 1.165) is 44.7 Å². The van der Waals surface area contributed by atoms with E-state index in [0.29, 0.717) is 29.4 Å². The van der Waals surface area contributed by atoms with Gasteiger partial charge < -0.3 is 14.7 Å². The first-order valence-corrected chi connectivity index (χ1v) is 10.0. The normalized spacial score (nSPS) is 17.1. The van der Waals surface area contributed by atoms with E-state index in [-0.39, 0.29) is 11.8 Å². The van der Waals surface area contributed by atoms with E-state index in [1.165, 1.54) is 0 Å². The number of aromatic nitrogens is 1. The van der Waals surface area contributed by atoms with Crippen LogP contribution in [-0.2, 0) is 0 Å². The highest BCUT2D eigenvalue weighted by Gasteiger charge is 2.25. The van der Waals surface area contributed by atoms with Gasteiger partial charge in [0.25, 0.3) is 11.8 Å². The molecule has 4 rings (SSSR count). The Hall–Kier alpha value is -2.60. The minimum absolute atomic E-state index is 0.0522.